The minimum absolute atomic E-state index is 0.112. The van der Waals surface area contributed by atoms with E-state index in [2.05, 4.69) is 0 Å². The van der Waals surface area contributed by atoms with Crippen molar-refractivity contribution in [1.82, 2.24) is 14.7 Å². The first-order chi connectivity index (χ1) is 19.2. The molecule has 1 fully saturated rings. The van der Waals surface area contributed by atoms with E-state index < -0.39 is 17.6 Å². The van der Waals surface area contributed by atoms with Crippen LogP contribution in [-0.2, 0) is 17.5 Å². The molecule has 1 amide bonds. The maximum atomic E-state index is 13.7. The van der Waals surface area contributed by atoms with Crippen molar-refractivity contribution in [2.45, 2.75) is 38.6 Å². The lowest BCUT2D eigenvalue weighted by Crippen LogP contribution is -2.37. The second-order valence-corrected chi connectivity index (χ2v) is 10.0. The Morgan fingerprint density at radius 1 is 1.07 bits per heavy atom. The van der Waals surface area contributed by atoms with Crippen LogP contribution in [0.15, 0.2) is 78.9 Å². The second-order valence-electron chi connectivity index (χ2n) is 9.57. The Hall–Kier alpha value is -3.82. The van der Waals surface area contributed by atoms with Crippen LogP contribution in [0, 0.1) is 6.92 Å². The van der Waals surface area contributed by atoms with Crippen molar-refractivity contribution in [2.24, 2.45) is 0 Å². The summed E-state index contributed by atoms with van der Waals surface area (Å²) in [5.41, 5.74) is 1.41. The number of rotatable bonds is 8. The SMILES string of the molecule is Cc1nn(-c2ccccc2)c(Oc2ccc(Cl)cc2)c1CN(CC1CCCO1)C(=O)c1ccc(C(F)(F)F)cc1. The maximum Gasteiger partial charge on any atom is 0.416 e. The van der Waals surface area contributed by atoms with Gasteiger partial charge in [-0.05, 0) is 80.4 Å². The fourth-order valence-electron chi connectivity index (χ4n) is 4.61. The molecule has 0 spiro atoms. The van der Waals surface area contributed by atoms with E-state index in [1.807, 2.05) is 37.3 Å². The highest BCUT2D eigenvalue weighted by atomic mass is 35.5. The van der Waals surface area contributed by atoms with Crippen LogP contribution in [0.25, 0.3) is 5.69 Å². The summed E-state index contributed by atoms with van der Waals surface area (Å²) in [6, 6.07) is 20.6. The summed E-state index contributed by atoms with van der Waals surface area (Å²) in [4.78, 5) is 15.3. The van der Waals surface area contributed by atoms with E-state index in [4.69, 9.17) is 26.2 Å². The molecule has 1 unspecified atom stereocenters. The number of carbonyl (C=O) groups is 1. The summed E-state index contributed by atoms with van der Waals surface area (Å²) < 4.78 is 53.2. The average Bonchev–Trinajstić information content (AvgIpc) is 3.57. The zero-order valence-electron chi connectivity index (χ0n) is 21.7. The molecular weight excluding hydrogens is 543 g/mol. The number of hydrogen-bond acceptors (Lipinski definition) is 4. The summed E-state index contributed by atoms with van der Waals surface area (Å²) in [6.45, 7) is 2.82. The van der Waals surface area contributed by atoms with Crippen molar-refractivity contribution < 1.29 is 27.4 Å². The Labute approximate surface area is 234 Å². The molecule has 5 rings (SSSR count). The largest absolute Gasteiger partial charge is 0.439 e. The third kappa shape index (κ3) is 6.32. The van der Waals surface area contributed by atoms with Crippen molar-refractivity contribution >= 4 is 17.5 Å². The number of nitrogens with zero attached hydrogens (tertiary/aromatic N) is 3. The van der Waals surface area contributed by atoms with Crippen LogP contribution in [0.3, 0.4) is 0 Å². The first-order valence-electron chi connectivity index (χ1n) is 12.8. The van der Waals surface area contributed by atoms with E-state index in [-0.39, 0.29) is 24.8 Å². The van der Waals surface area contributed by atoms with Crippen LogP contribution in [0.4, 0.5) is 13.2 Å². The van der Waals surface area contributed by atoms with Gasteiger partial charge in [-0.2, -0.15) is 18.3 Å². The lowest BCUT2D eigenvalue weighted by molar-refractivity contribution is -0.137. The standard InChI is InChI=1S/C30H27ClF3N3O3/c1-20-27(29(40-25-15-13-23(31)14-16-25)37(35-20)24-6-3-2-4-7-24)19-36(18-26-8-5-17-39-26)28(38)21-9-11-22(12-10-21)30(32,33)34/h2-4,6-7,9-16,26H,5,8,17-19H2,1H3. The predicted molar refractivity (Wildman–Crippen MR) is 145 cm³/mol. The quantitative estimate of drug-likeness (QED) is 0.221. The molecule has 0 aliphatic carbocycles. The Bertz CT molecular complexity index is 1450. The average molecular weight is 570 g/mol. The number of ether oxygens (including phenoxy) is 2. The summed E-state index contributed by atoms with van der Waals surface area (Å²) in [7, 11) is 0. The van der Waals surface area contributed by atoms with Crippen LogP contribution in [0.2, 0.25) is 5.02 Å². The molecule has 10 heteroatoms. The lowest BCUT2D eigenvalue weighted by Gasteiger charge is -2.26. The highest BCUT2D eigenvalue weighted by Crippen LogP contribution is 2.33. The molecule has 1 aliphatic rings. The van der Waals surface area contributed by atoms with Crippen LogP contribution >= 0.6 is 11.6 Å². The van der Waals surface area contributed by atoms with Gasteiger partial charge < -0.3 is 14.4 Å². The molecule has 208 valence electrons. The van der Waals surface area contributed by atoms with Crippen molar-refractivity contribution in [1.29, 1.82) is 0 Å². The number of alkyl halides is 3. The van der Waals surface area contributed by atoms with E-state index in [1.165, 1.54) is 12.1 Å². The fourth-order valence-corrected chi connectivity index (χ4v) is 4.74. The maximum absolute atomic E-state index is 13.7. The van der Waals surface area contributed by atoms with Crippen LogP contribution in [0.5, 0.6) is 11.6 Å². The normalized spacial score (nSPS) is 15.3. The second kappa shape index (κ2) is 11.7. The van der Waals surface area contributed by atoms with Gasteiger partial charge in [-0.3, -0.25) is 4.79 Å². The van der Waals surface area contributed by atoms with E-state index in [9.17, 15) is 18.0 Å². The molecule has 40 heavy (non-hydrogen) atoms. The summed E-state index contributed by atoms with van der Waals surface area (Å²) in [5.74, 6) is 0.541. The molecule has 1 saturated heterocycles. The van der Waals surface area contributed by atoms with Gasteiger partial charge in [-0.15, -0.1) is 0 Å². The van der Waals surface area contributed by atoms with Gasteiger partial charge in [0.15, 0.2) is 0 Å². The summed E-state index contributed by atoms with van der Waals surface area (Å²) in [6.07, 6.45) is -3.00. The van der Waals surface area contributed by atoms with Gasteiger partial charge in [-0.1, -0.05) is 29.8 Å². The Kier molecular flexibility index (Phi) is 8.14. The zero-order chi connectivity index (χ0) is 28.3. The lowest BCUT2D eigenvalue weighted by atomic mass is 10.1. The number of carbonyl (C=O) groups excluding carboxylic acids is 1. The van der Waals surface area contributed by atoms with E-state index in [1.54, 1.807) is 33.8 Å². The number of benzene rings is 3. The number of aromatic nitrogens is 2. The van der Waals surface area contributed by atoms with Gasteiger partial charge in [0.05, 0.1) is 35.2 Å². The van der Waals surface area contributed by atoms with Crippen LogP contribution in [0.1, 0.15) is 40.0 Å². The van der Waals surface area contributed by atoms with Crippen molar-refractivity contribution in [3.05, 3.63) is 106 Å². The molecule has 0 N–H and O–H groups in total. The number of hydrogen-bond donors (Lipinski definition) is 0. The number of aryl methyl sites for hydroxylation is 1. The van der Waals surface area contributed by atoms with Crippen molar-refractivity contribution in [3.63, 3.8) is 0 Å². The number of amides is 1. The van der Waals surface area contributed by atoms with E-state index in [0.717, 1.165) is 30.7 Å². The van der Waals surface area contributed by atoms with Gasteiger partial charge >= 0.3 is 6.18 Å². The molecule has 1 aromatic heterocycles. The molecule has 6 nitrogen and oxygen atoms in total. The third-order valence-electron chi connectivity index (χ3n) is 6.71. The Balaban J connectivity index is 1.52. The molecule has 1 atom stereocenters. The minimum Gasteiger partial charge on any atom is -0.439 e. The first-order valence-corrected chi connectivity index (χ1v) is 13.2. The third-order valence-corrected chi connectivity index (χ3v) is 6.96. The highest BCUT2D eigenvalue weighted by Gasteiger charge is 2.31. The van der Waals surface area contributed by atoms with Gasteiger partial charge in [0.2, 0.25) is 5.88 Å². The van der Waals surface area contributed by atoms with Crippen molar-refractivity contribution in [3.8, 4) is 17.3 Å². The monoisotopic (exact) mass is 569 g/mol. The van der Waals surface area contributed by atoms with Crippen LogP contribution < -0.4 is 4.74 Å². The molecule has 1 aliphatic heterocycles. The topological polar surface area (TPSA) is 56.6 Å². The summed E-state index contributed by atoms with van der Waals surface area (Å²) in [5, 5.41) is 5.28. The molecule has 0 saturated carbocycles. The molecular formula is C30H27ClF3N3O3. The van der Waals surface area contributed by atoms with Gasteiger partial charge in [0.1, 0.15) is 5.75 Å². The first kappa shape index (κ1) is 27.7. The predicted octanol–water partition coefficient (Wildman–Crippen LogP) is 7.47. The molecule has 2 heterocycles. The Morgan fingerprint density at radius 2 is 1.77 bits per heavy atom. The smallest absolute Gasteiger partial charge is 0.416 e. The van der Waals surface area contributed by atoms with Gasteiger partial charge in [-0.25, -0.2) is 4.68 Å². The zero-order valence-corrected chi connectivity index (χ0v) is 22.5. The van der Waals surface area contributed by atoms with E-state index in [0.29, 0.717) is 34.5 Å². The fraction of sp³-hybridized carbons (Fsp3) is 0.267. The number of halogens is 4. The molecule has 3 aromatic carbocycles. The van der Waals surface area contributed by atoms with Crippen molar-refractivity contribution in [2.75, 3.05) is 13.2 Å². The minimum atomic E-state index is -4.49. The summed E-state index contributed by atoms with van der Waals surface area (Å²) >= 11 is 6.06. The van der Waals surface area contributed by atoms with Gasteiger partial charge in [0, 0.05) is 23.7 Å². The van der Waals surface area contributed by atoms with E-state index >= 15 is 0 Å². The highest BCUT2D eigenvalue weighted by molar-refractivity contribution is 6.30. The Morgan fingerprint density at radius 3 is 2.40 bits per heavy atom. The van der Waals surface area contributed by atoms with Crippen LogP contribution in [-0.4, -0.2) is 39.8 Å². The molecule has 4 aromatic rings. The molecule has 0 radical (unpaired) electrons. The molecule has 0 bridgehead atoms. The van der Waals surface area contributed by atoms with Gasteiger partial charge in [0.25, 0.3) is 5.91 Å². The number of para-hydroxylation sites is 1.